The van der Waals surface area contributed by atoms with Crippen LogP contribution in [0.1, 0.15) is 258 Å². The van der Waals surface area contributed by atoms with Gasteiger partial charge in [0.1, 0.15) is 55.4 Å². The van der Waals surface area contributed by atoms with Crippen LogP contribution in [0.3, 0.4) is 0 Å². The van der Waals surface area contributed by atoms with E-state index in [0.717, 1.165) is 51.4 Å². The average molecular weight is 1110 g/mol. The van der Waals surface area contributed by atoms with Crippen molar-refractivity contribution in [3.63, 3.8) is 0 Å². The lowest BCUT2D eigenvalue weighted by Crippen LogP contribution is -2.61. The monoisotopic (exact) mass is 1110 g/mol. The van der Waals surface area contributed by atoms with E-state index in [4.69, 9.17) is 28.4 Å². The molecule has 2 aliphatic rings. The Kier molecular flexibility index (Phi) is 45.4. The van der Waals surface area contributed by atoms with E-state index in [-0.39, 0.29) is 26.1 Å². The molecule has 456 valence electrons. The summed E-state index contributed by atoms with van der Waals surface area (Å²) in [5.74, 6) is -0.919. The maximum Gasteiger partial charge on any atom is 0.306 e. The smallest absolute Gasteiger partial charge is 0.306 e. The molecule has 15 heteroatoms. The van der Waals surface area contributed by atoms with Gasteiger partial charge < -0.3 is 64.2 Å². The highest BCUT2D eigenvalue weighted by Crippen LogP contribution is 2.27. The minimum Gasteiger partial charge on any atom is -0.462 e. The Morgan fingerprint density at radius 3 is 1.21 bits per heavy atom. The van der Waals surface area contributed by atoms with E-state index in [1.54, 1.807) is 0 Å². The van der Waals surface area contributed by atoms with Crippen LogP contribution in [-0.4, -0.2) is 142 Å². The molecule has 7 N–H and O–H groups in total. The summed E-state index contributed by atoms with van der Waals surface area (Å²) in [5, 5.41) is 72.4. The number of esters is 2. The molecule has 0 aliphatic carbocycles. The van der Waals surface area contributed by atoms with Gasteiger partial charge in [-0.2, -0.15) is 0 Å². The second kappa shape index (κ2) is 49.3. The van der Waals surface area contributed by atoms with Gasteiger partial charge in [-0.15, -0.1) is 0 Å². The minimum atomic E-state index is -1.77. The van der Waals surface area contributed by atoms with Gasteiger partial charge in [0.25, 0.3) is 0 Å². The number of ether oxygens (including phenoxy) is 6. The third-order valence-electron chi connectivity index (χ3n) is 15.1. The summed E-state index contributed by atoms with van der Waals surface area (Å²) in [6.45, 7) is 2.62. The molecule has 0 amide bonds. The fourth-order valence-corrected chi connectivity index (χ4v) is 9.95. The van der Waals surface area contributed by atoms with Gasteiger partial charge in [-0.25, -0.2) is 0 Å². The maximum absolute atomic E-state index is 13.1. The van der Waals surface area contributed by atoms with Gasteiger partial charge in [-0.3, -0.25) is 9.59 Å². The van der Waals surface area contributed by atoms with Crippen molar-refractivity contribution in [3.8, 4) is 0 Å². The van der Waals surface area contributed by atoms with Crippen LogP contribution in [0.5, 0.6) is 0 Å². The Labute approximate surface area is 472 Å². The average Bonchev–Trinajstić information content (AvgIpc) is 3.44. The largest absolute Gasteiger partial charge is 0.462 e. The highest BCUT2D eigenvalue weighted by atomic mass is 16.7. The van der Waals surface area contributed by atoms with Crippen molar-refractivity contribution in [2.45, 2.75) is 325 Å². The normalized spacial score (nSPS) is 24.2. The maximum atomic E-state index is 13.1. The van der Waals surface area contributed by atoms with Gasteiger partial charge in [0.2, 0.25) is 0 Å². The first-order chi connectivity index (χ1) is 38.0. The summed E-state index contributed by atoms with van der Waals surface area (Å²) < 4.78 is 33.8. The highest BCUT2D eigenvalue weighted by molar-refractivity contribution is 5.70. The van der Waals surface area contributed by atoms with Crippen LogP contribution < -0.4 is 0 Å². The lowest BCUT2D eigenvalue weighted by molar-refractivity contribution is -0.332. The third kappa shape index (κ3) is 35.5. The molecule has 2 aliphatic heterocycles. The molecule has 11 atom stereocenters. The van der Waals surface area contributed by atoms with Gasteiger partial charge in [-0.1, -0.05) is 211 Å². The van der Waals surface area contributed by atoms with Crippen molar-refractivity contribution >= 4 is 11.9 Å². The Hall–Kier alpha value is -2.28. The first-order valence-electron chi connectivity index (χ1n) is 31.6. The summed E-state index contributed by atoms with van der Waals surface area (Å²) in [5.41, 5.74) is 0. The van der Waals surface area contributed by atoms with E-state index in [2.05, 4.69) is 50.3 Å². The zero-order chi connectivity index (χ0) is 56.7. The third-order valence-corrected chi connectivity index (χ3v) is 15.1. The van der Waals surface area contributed by atoms with Crippen molar-refractivity contribution < 1.29 is 73.8 Å². The molecule has 0 saturated carbocycles. The number of carbonyl (C=O) groups excluding carboxylic acids is 2. The van der Waals surface area contributed by atoms with Crippen LogP contribution in [0.25, 0.3) is 0 Å². The summed E-state index contributed by atoms with van der Waals surface area (Å²) in [4.78, 5) is 26.0. The lowest BCUT2D eigenvalue weighted by Gasteiger charge is -2.42. The number of allylic oxidation sites excluding steroid dienone is 6. The second-order valence-electron chi connectivity index (χ2n) is 22.2. The summed E-state index contributed by atoms with van der Waals surface area (Å²) in [7, 11) is 0. The van der Waals surface area contributed by atoms with Crippen molar-refractivity contribution in [2.24, 2.45) is 0 Å². The summed E-state index contributed by atoms with van der Waals surface area (Å²) in [6.07, 6.45) is 40.1. The van der Waals surface area contributed by atoms with Crippen molar-refractivity contribution in [1.29, 1.82) is 0 Å². The predicted molar refractivity (Wildman–Crippen MR) is 307 cm³/mol. The molecule has 0 aromatic rings. The zero-order valence-corrected chi connectivity index (χ0v) is 48.9. The van der Waals surface area contributed by atoms with Crippen LogP contribution in [0.2, 0.25) is 0 Å². The number of unbranched alkanes of at least 4 members (excludes halogenated alkanes) is 31. The Bertz CT molecular complexity index is 1490. The molecule has 2 saturated heterocycles. The van der Waals surface area contributed by atoms with Crippen LogP contribution in [0, 0.1) is 0 Å². The molecular weight excluding hydrogens is 997 g/mol. The van der Waals surface area contributed by atoms with E-state index in [0.29, 0.717) is 12.8 Å². The SMILES string of the molecule is CCCCCCC/C=C\C/C=C\CCCCCCCCCCCCCC(=O)OC(COC(=O)CCCCCCCCCCC/C=C\CCCCCCCC)COC1OC(COC2OC(CO)C(O)C(O)C2O)C(O)C(O)C1O. The predicted octanol–water partition coefficient (Wildman–Crippen LogP) is 11.6. The van der Waals surface area contributed by atoms with Crippen LogP contribution in [0.15, 0.2) is 36.5 Å². The van der Waals surface area contributed by atoms with Gasteiger partial charge in [0, 0.05) is 12.8 Å². The molecule has 0 aromatic carbocycles. The van der Waals surface area contributed by atoms with Crippen molar-refractivity contribution in [3.05, 3.63) is 36.5 Å². The van der Waals surface area contributed by atoms with Gasteiger partial charge >= 0.3 is 11.9 Å². The Balaban J connectivity index is 1.72. The number of rotatable bonds is 51. The fraction of sp³-hybridized carbons (Fsp3) is 0.873. The van der Waals surface area contributed by atoms with Crippen LogP contribution in [0.4, 0.5) is 0 Å². The first-order valence-corrected chi connectivity index (χ1v) is 31.6. The van der Waals surface area contributed by atoms with E-state index in [1.807, 2.05) is 0 Å². The summed E-state index contributed by atoms with van der Waals surface area (Å²) in [6, 6.07) is 0. The molecule has 0 bridgehead atoms. The van der Waals surface area contributed by atoms with Gasteiger partial charge in [0.15, 0.2) is 18.7 Å². The van der Waals surface area contributed by atoms with E-state index in [1.165, 1.54) is 167 Å². The number of carbonyl (C=O) groups is 2. The number of aliphatic hydroxyl groups is 7. The highest BCUT2D eigenvalue weighted by Gasteiger charge is 2.47. The molecule has 78 heavy (non-hydrogen) atoms. The second-order valence-corrected chi connectivity index (χ2v) is 22.2. The number of hydrogen-bond acceptors (Lipinski definition) is 15. The van der Waals surface area contributed by atoms with Crippen LogP contribution in [-0.2, 0) is 38.0 Å². The number of aliphatic hydroxyl groups excluding tert-OH is 7. The van der Waals surface area contributed by atoms with Crippen molar-refractivity contribution in [2.75, 3.05) is 26.4 Å². The van der Waals surface area contributed by atoms with E-state index >= 15 is 0 Å². The molecular formula is C63H114O15. The zero-order valence-electron chi connectivity index (χ0n) is 48.9. The number of hydrogen-bond donors (Lipinski definition) is 7. The molecule has 0 aromatic heterocycles. The van der Waals surface area contributed by atoms with E-state index < -0.39 is 92.7 Å². The minimum absolute atomic E-state index is 0.164. The molecule has 2 fully saturated rings. The first kappa shape index (κ1) is 71.8. The Morgan fingerprint density at radius 2 is 0.769 bits per heavy atom. The van der Waals surface area contributed by atoms with E-state index in [9.17, 15) is 45.3 Å². The molecule has 11 unspecified atom stereocenters. The van der Waals surface area contributed by atoms with Crippen molar-refractivity contribution in [1.82, 2.24) is 0 Å². The fourth-order valence-electron chi connectivity index (χ4n) is 9.95. The lowest BCUT2D eigenvalue weighted by atomic mass is 9.98. The van der Waals surface area contributed by atoms with Gasteiger partial charge in [0.05, 0.1) is 19.8 Å². The molecule has 0 radical (unpaired) electrons. The summed E-state index contributed by atoms with van der Waals surface area (Å²) >= 11 is 0. The topological polar surface area (TPSA) is 231 Å². The molecule has 0 spiro atoms. The molecule has 2 heterocycles. The quantitative estimate of drug-likeness (QED) is 0.0171. The standard InChI is InChI=1S/C63H114O15/c1-3-5-7-9-11-13-15-17-19-21-23-24-25-26-28-30-32-34-36-38-40-42-44-46-55(66)76-51(48-73-54(65)45-43-41-39-37-35-33-31-29-27-22-20-18-16-14-12-10-8-6-4-2)49-74-62-61(72)59(70)57(68)53(78-62)50-75-63-60(71)58(69)56(67)52(47-64)77-63/h15,17-18,20-21,23,51-53,56-64,67-72H,3-14,16,19,22,24-50H2,1-2H3/b17-15-,20-18-,23-21-. The van der Waals surface area contributed by atoms with Gasteiger partial charge in [-0.05, 0) is 70.6 Å². The molecule has 15 nitrogen and oxygen atoms in total. The Morgan fingerprint density at radius 1 is 0.410 bits per heavy atom. The van der Waals surface area contributed by atoms with Crippen LogP contribution >= 0.6 is 0 Å². The molecule has 2 rings (SSSR count).